The number of aliphatic carboxylic acids is 1. The SMILES string of the molecule is CC(C(=O)O)N(NC(=O)OCc1ccccc1)C(=O)OCc1ccccc1. The lowest BCUT2D eigenvalue weighted by Crippen LogP contribution is -2.53. The van der Waals surface area contributed by atoms with Crippen molar-refractivity contribution in [1.82, 2.24) is 10.4 Å². The molecule has 2 rings (SSSR count). The van der Waals surface area contributed by atoms with Crippen molar-refractivity contribution in [1.29, 1.82) is 0 Å². The molecule has 1 atom stereocenters. The number of benzene rings is 2. The monoisotopic (exact) mass is 372 g/mol. The van der Waals surface area contributed by atoms with E-state index in [0.717, 1.165) is 11.1 Å². The zero-order valence-corrected chi connectivity index (χ0v) is 14.7. The number of carbonyl (C=O) groups excluding carboxylic acids is 2. The molecule has 0 bridgehead atoms. The molecule has 0 spiro atoms. The van der Waals surface area contributed by atoms with Crippen LogP contribution in [0.15, 0.2) is 60.7 Å². The Bertz CT molecular complexity index is 766. The van der Waals surface area contributed by atoms with E-state index in [-0.39, 0.29) is 13.2 Å². The standard InChI is InChI=1S/C19H20N2O6/c1-14(17(22)23)21(19(25)27-13-16-10-6-3-7-11-16)20-18(24)26-12-15-8-4-2-5-9-15/h2-11,14H,12-13H2,1H3,(H,20,24)(H,22,23). The normalized spacial score (nSPS) is 11.1. The van der Waals surface area contributed by atoms with Crippen LogP contribution in [0, 0.1) is 0 Å². The molecule has 2 amide bonds. The number of carbonyl (C=O) groups is 3. The van der Waals surface area contributed by atoms with Crippen LogP contribution in [0.2, 0.25) is 0 Å². The molecule has 0 radical (unpaired) electrons. The Balaban J connectivity index is 1.95. The molecule has 2 aromatic carbocycles. The van der Waals surface area contributed by atoms with Crippen LogP contribution < -0.4 is 5.43 Å². The van der Waals surface area contributed by atoms with Gasteiger partial charge >= 0.3 is 18.2 Å². The van der Waals surface area contributed by atoms with Crippen LogP contribution >= 0.6 is 0 Å². The van der Waals surface area contributed by atoms with Gasteiger partial charge in [-0.1, -0.05) is 60.7 Å². The highest BCUT2D eigenvalue weighted by Crippen LogP contribution is 2.06. The van der Waals surface area contributed by atoms with Gasteiger partial charge in [0.2, 0.25) is 0 Å². The van der Waals surface area contributed by atoms with E-state index in [2.05, 4.69) is 5.43 Å². The molecule has 142 valence electrons. The van der Waals surface area contributed by atoms with Crippen molar-refractivity contribution in [3.63, 3.8) is 0 Å². The molecule has 0 aromatic heterocycles. The molecule has 0 aliphatic carbocycles. The zero-order chi connectivity index (χ0) is 19.6. The molecule has 0 heterocycles. The average Bonchev–Trinajstić information content (AvgIpc) is 2.69. The molecule has 0 aliphatic heterocycles. The highest BCUT2D eigenvalue weighted by molar-refractivity contribution is 5.81. The van der Waals surface area contributed by atoms with E-state index in [4.69, 9.17) is 14.6 Å². The van der Waals surface area contributed by atoms with Gasteiger partial charge in [-0.3, -0.25) is 0 Å². The van der Waals surface area contributed by atoms with Crippen LogP contribution in [0.4, 0.5) is 9.59 Å². The van der Waals surface area contributed by atoms with E-state index in [1.165, 1.54) is 6.92 Å². The molecular formula is C19H20N2O6. The second kappa shape index (κ2) is 9.81. The smallest absolute Gasteiger partial charge is 0.429 e. The largest absolute Gasteiger partial charge is 0.480 e. The Kier molecular flexibility index (Phi) is 7.18. The quantitative estimate of drug-likeness (QED) is 0.756. The van der Waals surface area contributed by atoms with Crippen LogP contribution in [0.3, 0.4) is 0 Å². The van der Waals surface area contributed by atoms with Gasteiger partial charge in [-0.25, -0.2) is 24.8 Å². The number of nitrogens with zero attached hydrogens (tertiary/aromatic N) is 1. The van der Waals surface area contributed by atoms with Crippen LogP contribution in [0.5, 0.6) is 0 Å². The Labute approximate surface area is 156 Å². The summed E-state index contributed by atoms with van der Waals surface area (Å²) in [6.45, 7) is 1.15. The summed E-state index contributed by atoms with van der Waals surface area (Å²) in [6.07, 6.45) is -1.98. The second-order valence-electron chi connectivity index (χ2n) is 5.60. The fourth-order valence-corrected chi connectivity index (χ4v) is 2.05. The molecule has 0 saturated heterocycles. The number of hydrogen-bond acceptors (Lipinski definition) is 5. The minimum Gasteiger partial charge on any atom is -0.480 e. The Hall–Kier alpha value is -3.55. The molecule has 8 nitrogen and oxygen atoms in total. The van der Waals surface area contributed by atoms with Gasteiger partial charge in [0, 0.05) is 0 Å². The third-order valence-electron chi connectivity index (χ3n) is 3.57. The lowest BCUT2D eigenvalue weighted by atomic mass is 10.2. The summed E-state index contributed by atoms with van der Waals surface area (Å²) < 4.78 is 10.1. The van der Waals surface area contributed by atoms with E-state index in [1.54, 1.807) is 48.5 Å². The van der Waals surface area contributed by atoms with Gasteiger partial charge in [-0.15, -0.1) is 0 Å². The first-order valence-electron chi connectivity index (χ1n) is 8.17. The number of nitrogens with one attached hydrogen (secondary N) is 1. The van der Waals surface area contributed by atoms with E-state index in [0.29, 0.717) is 5.01 Å². The Morgan fingerprint density at radius 2 is 1.41 bits per heavy atom. The highest BCUT2D eigenvalue weighted by atomic mass is 16.6. The van der Waals surface area contributed by atoms with E-state index in [9.17, 15) is 14.4 Å². The summed E-state index contributed by atoms with van der Waals surface area (Å²) in [5, 5.41) is 9.75. The number of hydrazine groups is 1. The molecule has 0 saturated carbocycles. The first kappa shape index (κ1) is 19.8. The minimum absolute atomic E-state index is 0.0268. The van der Waals surface area contributed by atoms with E-state index >= 15 is 0 Å². The third-order valence-corrected chi connectivity index (χ3v) is 3.57. The number of rotatable bonds is 6. The lowest BCUT2D eigenvalue weighted by Gasteiger charge is -2.25. The molecular weight excluding hydrogens is 352 g/mol. The molecule has 27 heavy (non-hydrogen) atoms. The summed E-state index contributed by atoms with van der Waals surface area (Å²) in [7, 11) is 0. The molecule has 0 aliphatic rings. The first-order chi connectivity index (χ1) is 13.0. The van der Waals surface area contributed by atoms with Gasteiger partial charge < -0.3 is 14.6 Å². The third kappa shape index (κ3) is 6.35. The van der Waals surface area contributed by atoms with Crippen LogP contribution in [0.25, 0.3) is 0 Å². The predicted octanol–water partition coefficient (Wildman–Crippen LogP) is 2.94. The van der Waals surface area contributed by atoms with Crippen molar-refractivity contribution in [2.45, 2.75) is 26.2 Å². The van der Waals surface area contributed by atoms with Crippen LogP contribution in [0.1, 0.15) is 18.1 Å². The number of amides is 2. The Morgan fingerprint density at radius 1 is 0.926 bits per heavy atom. The summed E-state index contributed by atoms with van der Waals surface area (Å²) in [4.78, 5) is 35.4. The fourth-order valence-electron chi connectivity index (χ4n) is 2.05. The topological polar surface area (TPSA) is 105 Å². The Morgan fingerprint density at radius 3 is 1.89 bits per heavy atom. The molecule has 1 unspecified atom stereocenters. The zero-order valence-electron chi connectivity index (χ0n) is 14.7. The van der Waals surface area contributed by atoms with Gasteiger partial charge in [0.05, 0.1) is 0 Å². The molecule has 0 fully saturated rings. The summed E-state index contributed by atoms with van der Waals surface area (Å²) in [6, 6.07) is 16.4. The van der Waals surface area contributed by atoms with Gasteiger partial charge in [-0.05, 0) is 18.1 Å². The van der Waals surface area contributed by atoms with Crippen molar-refractivity contribution in [3.8, 4) is 0 Å². The number of carboxylic acids is 1. The van der Waals surface area contributed by atoms with Crippen molar-refractivity contribution in [3.05, 3.63) is 71.8 Å². The number of hydrogen-bond donors (Lipinski definition) is 2. The van der Waals surface area contributed by atoms with Gasteiger partial charge in [-0.2, -0.15) is 0 Å². The molecule has 2 aromatic rings. The summed E-state index contributed by atoms with van der Waals surface area (Å²) in [5.41, 5.74) is 3.59. The van der Waals surface area contributed by atoms with Gasteiger partial charge in [0.25, 0.3) is 0 Å². The maximum atomic E-state index is 12.2. The number of carboxylic acid groups (broad SMARTS) is 1. The predicted molar refractivity (Wildman–Crippen MR) is 95.3 cm³/mol. The first-order valence-corrected chi connectivity index (χ1v) is 8.17. The van der Waals surface area contributed by atoms with Crippen molar-refractivity contribution in [2.24, 2.45) is 0 Å². The van der Waals surface area contributed by atoms with Crippen LogP contribution in [-0.2, 0) is 27.5 Å². The maximum absolute atomic E-state index is 12.2. The van der Waals surface area contributed by atoms with Crippen LogP contribution in [-0.4, -0.2) is 34.3 Å². The van der Waals surface area contributed by atoms with Gasteiger partial charge in [0.1, 0.15) is 13.2 Å². The second-order valence-corrected chi connectivity index (χ2v) is 5.60. The molecule has 8 heteroatoms. The average molecular weight is 372 g/mol. The maximum Gasteiger partial charge on any atom is 0.429 e. The lowest BCUT2D eigenvalue weighted by molar-refractivity contribution is -0.143. The summed E-state index contributed by atoms with van der Waals surface area (Å²) >= 11 is 0. The van der Waals surface area contributed by atoms with Crippen molar-refractivity contribution >= 4 is 18.2 Å². The highest BCUT2D eigenvalue weighted by Gasteiger charge is 2.29. The number of ether oxygens (including phenoxy) is 2. The van der Waals surface area contributed by atoms with E-state index in [1.807, 2.05) is 12.1 Å². The fraction of sp³-hybridized carbons (Fsp3) is 0.211. The minimum atomic E-state index is -1.35. The summed E-state index contributed by atoms with van der Waals surface area (Å²) in [5.74, 6) is -1.31. The van der Waals surface area contributed by atoms with Gasteiger partial charge in [0.15, 0.2) is 6.04 Å². The van der Waals surface area contributed by atoms with Crippen molar-refractivity contribution < 1.29 is 29.0 Å². The van der Waals surface area contributed by atoms with Crippen molar-refractivity contribution in [2.75, 3.05) is 0 Å². The van der Waals surface area contributed by atoms with E-state index < -0.39 is 24.2 Å². The molecule has 2 N–H and O–H groups in total.